The predicted molar refractivity (Wildman–Crippen MR) is 84.6 cm³/mol. The number of nitrogens with zero attached hydrogens (tertiary/aromatic N) is 1. The fourth-order valence-electron chi connectivity index (χ4n) is 2.25. The largest absolute Gasteiger partial charge is 0.485 e. The fraction of sp³-hybridized carbons (Fsp3) is 0.562. The van der Waals surface area contributed by atoms with Crippen LogP contribution in [0.4, 0.5) is 4.39 Å². The maximum Gasteiger partial charge on any atom is 0.188 e. The van der Waals surface area contributed by atoms with Gasteiger partial charge in [0.1, 0.15) is 6.10 Å². The molecule has 1 aliphatic heterocycles. The number of nitrogens with one attached hydrogen (secondary N) is 1. The highest BCUT2D eigenvalue weighted by molar-refractivity contribution is 5.77. The Balaban J connectivity index is 1.79. The Morgan fingerprint density at radius 1 is 1.55 bits per heavy atom. The first-order valence-electron chi connectivity index (χ1n) is 7.75. The van der Waals surface area contributed by atoms with Crippen LogP contribution in [0.3, 0.4) is 0 Å². The van der Waals surface area contributed by atoms with Crippen LogP contribution in [0.1, 0.15) is 26.2 Å². The van der Waals surface area contributed by atoms with E-state index < -0.39 is 0 Å². The molecule has 6 heteroatoms. The van der Waals surface area contributed by atoms with Crippen LogP contribution in [0.2, 0.25) is 0 Å². The summed E-state index contributed by atoms with van der Waals surface area (Å²) in [5.41, 5.74) is 5.83. The standard InChI is InChI=1S/C16H24FN3O2/c1-2-12(22-15-8-4-3-7-14(15)17)10-19-16(18)20-11-13-6-5-9-21-13/h3-4,7-8,12-13H,2,5-6,9-11H2,1H3,(H3,18,19,20). The van der Waals surface area contributed by atoms with Gasteiger partial charge in [0.15, 0.2) is 17.5 Å². The van der Waals surface area contributed by atoms with E-state index in [2.05, 4.69) is 10.3 Å². The number of ether oxygens (including phenoxy) is 2. The zero-order valence-electron chi connectivity index (χ0n) is 12.9. The summed E-state index contributed by atoms with van der Waals surface area (Å²) in [4.78, 5) is 4.26. The van der Waals surface area contributed by atoms with E-state index >= 15 is 0 Å². The van der Waals surface area contributed by atoms with Crippen molar-refractivity contribution in [3.05, 3.63) is 30.1 Å². The van der Waals surface area contributed by atoms with Gasteiger partial charge in [-0.25, -0.2) is 9.38 Å². The van der Waals surface area contributed by atoms with E-state index in [0.29, 0.717) is 19.0 Å². The van der Waals surface area contributed by atoms with Crippen molar-refractivity contribution in [3.8, 4) is 5.75 Å². The molecule has 0 aliphatic carbocycles. The smallest absolute Gasteiger partial charge is 0.188 e. The summed E-state index contributed by atoms with van der Waals surface area (Å²) in [5, 5.41) is 3.05. The van der Waals surface area contributed by atoms with Gasteiger partial charge in [0, 0.05) is 13.2 Å². The number of nitrogens with two attached hydrogens (primary N) is 1. The lowest BCUT2D eigenvalue weighted by atomic mass is 10.2. The summed E-state index contributed by atoms with van der Waals surface area (Å²) in [5.74, 6) is 0.246. The molecule has 0 aromatic heterocycles. The van der Waals surface area contributed by atoms with Crippen LogP contribution in [0, 0.1) is 5.82 Å². The highest BCUT2D eigenvalue weighted by atomic mass is 19.1. The minimum Gasteiger partial charge on any atom is -0.485 e. The Hall–Kier alpha value is -1.82. The molecule has 1 aromatic rings. The van der Waals surface area contributed by atoms with Gasteiger partial charge in [0.05, 0.1) is 12.6 Å². The van der Waals surface area contributed by atoms with Crippen molar-refractivity contribution >= 4 is 5.96 Å². The maximum absolute atomic E-state index is 13.6. The van der Waals surface area contributed by atoms with Crippen molar-refractivity contribution in [1.82, 2.24) is 5.32 Å². The minimum absolute atomic E-state index is 0.208. The molecule has 0 spiro atoms. The van der Waals surface area contributed by atoms with Crippen molar-refractivity contribution in [2.24, 2.45) is 10.7 Å². The van der Waals surface area contributed by atoms with Crippen molar-refractivity contribution in [2.45, 2.75) is 38.4 Å². The van der Waals surface area contributed by atoms with Gasteiger partial charge in [-0.3, -0.25) is 0 Å². The molecule has 22 heavy (non-hydrogen) atoms. The molecule has 2 rings (SSSR count). The molecule has 1 aliphatic rings. The van der Waals surface area contributed by atoms with Gasteiger partial charge in [0.25, 0.3) is 0 Å². The zero-order chi connectivity index (χ0) is 15.8. The predicted octanol–water partition coefficient (Wildman–Crippen LogP) is 2.07. The molecule has 0 bridgehead atoms. The van der Waals surface area contributed by atoms with Crippen LogP contribution in [0.5, 0.6) is 5.75 Å². The lowest BCUT2D eigenvalue weighted by Crippen LogP contribution is -2.38. The monoisotopic (exact) mass is 309 g/mol. The van der Waals surface area contributed by atoms with Crippen LogP contribution in [-0.2, 0) is 4.74 Å². The first-order valence-corrected chi connectivity index (χ1v) is 7.75. The molecule has 122 valence electrons. The van der Waals surface area contributed by atoms with Crippen LogP contribution >= 0.6 is 0 Å². The van der Waals surface area contributed by atoms with Crippen molar-refractivity contribution in [3.63, 3.8) is 0 Å². The number of guanidine groups is 1. The molecule has 2 atom stereocenters. The number of rotatable bonds is 7. The summed E-state index contributed by atoms with van der Waals surface area (Å²) >= 11 is 0. The average Bonchev–Trinajstić information content (AvgIpc) is 3.04. The molecule has 1 heterocycles. The van der Waals surface area contributed by atoms with E-state index in [0.717, 1.165) is 25.9 Å². The third-order valence-electron chi connectivity index (χ3n) is 3.59. The van der Waals surface area contributed by atoms with Gasteiger partial charge in [-0.2, -0.15) is 0 Å². The van der Waals surface area contributed by atoms with Gasteiger partial charge < -0.3 is 20.5 Å². The van der Waals surface area contributed by atoms with Crippen molar-refractivity contribution in [1.29, 1.82) is 0 Å². The molecule has 3 N–H and O–H groups in total. The van der Waals surface area contributed by atoms with Crippen LogP contribution in [-0.4, -0.2) is 37.9 Å². The van der Waals surface area contributed by atoms with E-state index in [1.165, 1.54) is 6.07 Å². The third-order valence-corrected chi connectivity index (χ3v) is 3.59. The van der Waals surface area contributed by atoms with Gasteiger partial charge in [0.2, 0.25) is 0 Å². The quantitative estimate of drug-likeness (QED) is 0.597. The molecule has 1 fully saturated rings. The van der Waals surface area contributed by atoms with Gasteiger partial charge in [-0.15, -0.1) is 0 Å². The zero-order valence-corrected chi connectivity index (χ0v) is 12.9. The first-order chi connectivity index (χ1) is 10.7. The second-order valence-corrected chi connectivity index (χ2v) is 5.32. The molecule has 2 unspecified atom stereocenters. The Bertz CT molecular complexity index is 490. The third kappa shape index (κ3) is 5.18. The summed E-state index contributed by atoms with van der Waals surface area (Å²) < 4.78 is 24.7. The van der Waals surface area contributed by atoms with Gasteiger partial charge >= 0.3 is 0 Å². The summed E-state index contributed by atoms with van der Waals surface area (Å²) in [7, 11) is 0. The van der Waals surface area contributed by atoms with Gasteiger partial charge in [-0.1, -0.05) is 19.1 Å². The number of benzene rings is 1. The number of hydrogen-bond donors (Lipinski definition) is 2. The SMILES string of the molecule is CCC(CN=C(N)NCC1CCCO1)Oc1ccccc1F. The lowest BCUT2D eigenvalue weighted by Gasteiger charge is -2.17. The Kier molecular flexibility index (Phi) is 6.45. The Morgan fingerprint density at radius 3 is 3.05 bits per heavy atom. The molecular weight excluding hydrogens is 285 g/mol. The summed E-state index contributed by atoms with van der Waals surface area (Å²) in [6.45, 7) is 3.84. The highest BCUT2D eigenvalue weighted by Gasteiger charge is 2.15. The summed E-state index contributed by atoms with van der Waals surface area (Å²) in [6.07, 6.45) is 2.87. The molecule has 0 saturated carbocycles. The lowest BCUT2D eigenvalue weighted by molar-refractivity contribution is 0.114. The number of para-hydroxylation sites is 1. The molecule has 1 saturated heterocycles. The average molecular weight is 309 g/mol. The molecule has 0 amide bonds. The molecule has 5 nitrogen and oxygen atoms in total. The van der Waals surface area contributed by atoms with Crippen LogP contribution in [0.15, 0.2) is 29.3 Å². The van der Waals surface area contributed by atoms with Gasteiger partial charge in [-0.05, 0) is 31.4 Å². The minimum atomic E-state index is -0.366. The van der Waals surface area contributed by atoms with E-state index in [9.17, 15) is 4.39 Å². The maximum atomic E-state index is 13.6. The fourth-order valence-corrected chi connectivity index (χ4v) is 2.25. The normalized spacial score (nSPS) is 19.9. The number of hydrogen-bond acceptors (Lipinski definition) is 3. The Morgan fingerprint density at radius 2 is 2.36 bits per heavy atom. The molecule has 0 radical (unpaired) electrons. The molecular formula is C16H24FN3O2. The second-order valence-electron chi connectivity index (χ2n) is 5.32. The molecule has 1 aromatic carbocycles. The number of halogens is 1. The number of aliphatic imine (C=N–C) groups is 1. The summed E-state index contributed by atoms with van der Waals surface area (Å²) in [6, 6.07) is 6.36. The second kappa shape index (κ2) is 8.58. The first kappa shape index (κ1) is 16.5. The van der Waals surface area contributed by atoms with Crippen molar-refractivity contribution in [2.75, 3.05) is 19.7 Å². The van der Waals surface area contributed by atoms with E-state index in [1.807, 2.05) is 6.92 Å². The van der Waals surface area contributed by atoms with Crippen LogP contribution < -0.4 is 15.8 Å². The van der Waals surface area contributed by atoms with E-state index in [4.69, 9.17) is 15.2 Å². The Labute approximate surface area is 130 Å². The van der Waals surface area contributed by atoms with Crippen LogP contribution in [0.25, 0.3) is 0 Å². The van der Waals surface area contributed by atoms with E-state index in [1.54, 1.807) is 18.2 Å². The van der Waals surface area contributed by atoms with E-state index in [-0.39, 0.29) is 23.8 Å². The van der Waals surface area contributed by atoms with Crippen molar-refractivity contribution < 1.29 is 13.9 Å². The highest BCUT2D eigenvalue weighted by Crippen LogP contribution is 2.18. The topological polar surface area (TPSA) is 68.9 Å².